The SMILES string of the molecule is CP/C=C(\C)c1ccc(Cl)cc1. The molecule has 0 saturated heterocycles. The average Bonchev–Trinajstić information content (AvgIpc) is 2.06. The zero-order valence-electron chi connectivity index (χ0n) is 7.26. The van der Waals surface area contributed by atoms with Crippen molar-refractivity contribution in [3.8, 4) is 0 Å². The zero-order chi connectivity index (χ0) is 8.97. The maximum absolute atomic E-state index is 5.78. The summed E-state index contributed by atoms with van der Waals surface area (Å²) in [5.41, 5.74) is 2.58. The summed E-state index contributed by atoms with van der Waals surface area (Å²) in [6, 6.07) is 7.95. The van der Waals surface area contributed by atoms with Gasteiger partial charge >= 0.3 is 0 Å². The highest BCUT2D eigenvalue weighted by Gasteiger charge is 1.93. The van der Waals surface area contributed by atoms with Gasteiger partial charge in [-0.05, 0) is 36.9 Å². The maximum Gasteiger partial charge on any atom is 0.0406 e. The minimum atomic E-state index is 0.797. The molecule has 2 heteroatoms. The van der Waals surface area contributed by atoms with Crippen LogP contribution in [-0.2, 0) is 0 Å². The van der Waals surface area contributed by atoms with Crippen LogP contribution in [0.3, 0.4) is 0 Å². The number of halogens is 1. The second-order valence-corrected chi connectivity index (χ2v) is 3.93. The van der Waals surface area contributed by atoms with Gasteiger partial charge in [0.25, 0.3) is 0 Å². The quantitative estimate of drug-likeness (QED) is 0.630. The van der Waals surface area contributed by atoms with Crippen LogP contribution >= 0.6 is 20.2 Å². The van der Waals surface area contributed by atoms with Gasteiger partial charge in [0.15, 0.2) is 0 Å². The van der Waals surface area contributed by atoms with E-state index in [0.717, 1.165) is 13.6 Å². The summed E-state index contributed by atoms with van der Waals surface area (Å²) in [6.07, 6.45) is 0. The fourth-order valence-electron chi connectivity index (χ4n) is 1.01. The molecule has 0 amide bonds. The molecule has 0 spiro atoms. The summed E-state index contributed by atoms with van der Waals surface area (Å²) in [4.78, 5) is 0. The first kappa shape index (κ1) is 9.77. The number of allylic oxidation sites excluding steroid dienone is 1. The van der Waals surface area contributed by atoms with Gasteiger partial charge in [0.1, 0.15) is 0 Å². The van der Waals surface area contributed by atoms with Crippen molar-refractivity contribution in [1.82, 2.24) is 0 Å². The molecule has 0 heterocycles. The van der Waals surface area contributed by atoms with E-state index in [9.17, 15) is 0 Å². The number of hydrogen-bond acceptors (Lipinski definition) is 0. The molecule has 1 aromatic rings. The van der Waals surface area contributed by atoms with Crippen molar-refractivity contribution in [3.63, 3.8) is 0 Å². The van der Waals surface area contributed by atoms with Crippen LogP contribution in [0.4, 0.5) is 0 Å². The molecule has 0 saturated carbocycles. The Kier molecular flexibility index (Phi) is 3.78. The molecule has 0 radical (unpaired) electrons. The van der Waals surface area contributed by atoms with E-state index in [0.29, 0.717) is 0 Å². The molecule has 0 N–H and O–H groups in total. The van der Waals surface area contributed by atoms with Gasteiger partial charge < -0.3 is 0 Å². The number of hydrogen-bond donors (Lipinski definition) is 0. The topological polar surface area (TPSA) is 0 Å². The first-order chi connectivity index (χ1) is 5.74. The first-order valence-corrected chi connectivity index (χ1v) is 5.79. The summed E-state index contributed by atoms with van der Waals surface area (Å²) in [5, 5.41) is 0.797. The summed E-state index contributed by atoms with van der Waals surface area (Å²) < 4.78 is 0. The van der Waals surface area contributed by atoms with Crippen molar-refractivity contribution in [3.05, 3.63) is 40.7 Å². The van der Waals surface area contributed by atoms with Gasteiger partial charge in [-0.25, -0.2) is 0 Å². The zero-order valence-corrected chi connectivity index (χ0v) is 9.02. The van der Waals surface area contributed by atoms with Gasteiger partial charge in [-0.1, -0.05) is 29.6 Å². The van der Waals surface area contributed by atoms with E-state index in [1.165, 1.54) is 11.1 Å². The molecular weight excluding hydrogens is 187 g/mol. The van der Waals surface area contributed by atoms with E-state index in [4.69, 9.17) is 11.6 Å². The van der Waals surface area contributed by atoms with E-state index in [1.54, 1.807) is 0 Å². The third-order valence-corrected chi connectivity index (χ3v) is 2.63. The molecule has 0 aliphatic carbocycles. The van der Waals surface area contributed by atoms with Crippen LogP contribution in [0.2, 0.25) is 5.02 Å². The third-order valence-electron chi connectivity index (χ3n) is 1.66. The Labute approximate surface area is 80.4 Å². The fraction of sp³-hybridized carbons (Fsp3) is 0.200. The van der Waals surface area contributed by atoms with Crippen LogP contribution in [0, 0.1) is 0 Å². The second kappa shape index (κ2) is 4.64. The number of rotatable bonds is 2. The Balaban J connectivity index is 2.89. The fourth-order valence-corrected chi connectivity index (χ4v) is 1.74. The summed E-state index contributed by atoms with van der Waals surface area (Å²) in [6.45, 7) is 4.29. The van der Waals surface area contributed by atoms with E-state index in [2.05, 4.69) is 19.4 Å². The van der Waals surface area contributed by atoms with Crippen molar-refractivity contribution < 1.29 is 0 Å². The predicted molar refractivity (Wildman–Crippen MR) is 59.3 cm³/mol. The normalized spacial score (nSPS) is 12.8. The molecular formula is C10H12ClP. The molecule has 0 aliphatic rings. The van der Waals surface area contributed by atoms with Crippen molar-refractivity contribution >= 4 is 25.8 Å². The van der Waals surface area contributed by atoms with Gasteiger partial charge in [0.2, 0.25) is 0 Å². The van der Waals surface area contributed by atoms with E-state index < -0.39 is 0 Å². The molecule has 1 aromatic carbocycles. The summed E-state index contributed by atoms with van der Waals surface area (Å²) in [5.74, 6) is 2.24. The van der Waals surface area contributed by atoms with Crippen LogP contribution in [0.5, 0.6) is 0 Å². The molecule has 0 nitrogen and oxygen atoms in total. The standard InChI is InChI=1S/C10H12ClP/c1-8(7-12-2)9-3-5-10(11)6-4-9/h3-7,12H,1-2H3/b8-7+. The Morgan fingerprint density at radius 2 is 1.92 bits per heavy atom. The van der Waals surface area contributed by atoms with E-state index in [1.807, 2.05) is 24.3 Å². The molecule has 1 atom stereocenters. The molecule has 0 fully saturated rings. The Morgan fingerprint density at radius 3 is 2.42 bits per heavy atom. The number of benzene rings is 1. The van der Waals surface area contributed by atoms with Crippen LogP contribution in [0.1, 0.15) is 12.5 Å². The minimum absolute atomic E-state index is 0.797. The van der Waals surface area contributed by atoms with Crippen LogP contribution < -0.4 is 0 Å². The van der Waals surface area contributed by atoms with E-state index in [-0.39, 0.29) is 0 Å². The Bertz CT molecular complexity index is 274. The highest BCUT2D eigenvalue weighted by Crippen LogP contribution is 2.20. The molecule has 1 rings (SSSR count). The molecule has 0 aromatic heterocycles. The highest BCUT2D eigenvalue weighted by atomic mass is 35.5. The lowest BCUT2D eigenvalue weighted by Gasteiger charge is -2.00. The lowest BCUT2D eigenvalue weighted by Crippen LogP contribution is -1.76. The van der Waals surface area contributed by atoms with Gasteiger partial charge in [-0.15, -0.1) is 8.58 Å². The Morgan fingerprint density at radius 1 is 1.33 bits per heavy atom. The second-order valence-electron chi connectivity index (χ2n) is 2.62. The maximum atomic E-state index is 5.78. The van der Waals surface area contributed by atoms with Gasteiger partial charge in [0.05, 0.1) is 0 Å². The monoisotopic (exact) mass is 198 g/mol. The van der Waals surface area contributed by atoms with Gasteiger partial charge in [-0.3, -0.25) is 0 Å². The third kappa shape index (κ3) is 2.62. The highest BCUT2D eigenvalue weighted by molar-refractivity contribution is 7.41. The summed E-state index contributed by atoms with van der Waals surface area (Å²) >= 11 is 5.78. The average molecular weight is 199 g/mol. The predicted octanol–water partition coefficient (Wildman–Crippen LogP) is 4.01. The molecule has 64 valence electrons. The first-order valence-electron chi connectivity index (χ1n) is 3.84. The van der Waals surface area contributed by atoms with E-state index >= 15 is 0 Å². The molecule has 0 aliphatic heterocycles. The lowest BCUT2D eigenvalue weighted by atomic mass is 10.1. The van der Waals surface area contributed by atoms with Crippen LogP contribution in [0.25, 0.3) is 5.57 Å². The minimum Gasteiger partial charge on any atom is -0.101 e. The lowest BCUT2D eigenvalue weighted by molar-refractivity contribution is 1.58. The van der Waals surface area contributed by atoms with Crippen molar-refractivity contribution in [2.75, 3.05) is 6.66 Å². The van der Waals surface area contributed by atoms with Crippen molar-refractivity contribution in [2.24, 2.45) is 0 Å². The largest absolute Gasteiger partial charge is 0.101 e. The molecule has 0 bridgehead atoms. The van der Waals surface area contributed by atoms with Crippen LogP contribution in [-0.4, -0.2) is 6.66 Å². The van der Waals surface area contributed by atoms with Crippen molar-refractivity contribution in [2.45, 2.75) is 6.92 Å². The Hall–Kier alpha value is -0.320. The summed E-state index contributed by atoms with van der Waals surface area (Å²) in [7, 11) is 0.866. The van der Waals surface area contributed by atoms with Crippen molar-refractivity contribution in [1.29, 1.82) is 0 Å². The van der Waals surface area contributed by atoms with Gasteiger partial charge in [0, 0.05) is 5.02 Å². The molecule has 12 heavy (non-hydrogen) atoms. The molecule has 1 unspecified atom stereocenters. The smallest absolute Gasteiger partial charge is 0.0406 e. The van der Waals surface area contributed by atoms with Gasteiger partial charge in [-0.2, -0.15) is 0 Å². The van der Waals surface area contributed by atoms with Crippen LogP contribution in [0.15, 0.2) is 30.1 Å².